The Morgan fingerprint density at radius 2 is 2.17 bits per heavy atom. The average molecular weight is 249 g/mol. The summed E-state index contributed by atoms with van der Waals surface area (Å²) < 4.78 is 5.64. The van der Waals surface area contributed by atoms with E-state index in [4.69, 9.17) is 9.84 Å². The molecule has 0 saturated carbocycles. The molecule has 0 unspecified atom stereocenters. The molecular formula is C13H15NO4. The molecule has 1 fully saturated rings. The van der Waals surface area contributed by atoms with Crippen LogP contribution in [-0.2, 0) is 16.1 Å². The molecule has 0 bridgehead atoms. The van der Waals surface area contributed by atoms with E-state index >= 15 is 0 Å². The maximum absolute atomic E-state index is 11.0. The van der Waals surface area contributed by atoms with Crippen LogP contribution in [-0.4, -0.2) is 41.1 Å². The summed E-state index contributed by atoms with van der Waals surface area (Å²) in [5.41, 5.74) is 1.01. The highest BCUT2D eigenvalue weighted by molar-refractivity contribution is 5.73. The Kier molecular flexibility index (Phi) is 3.94. The number of hydrogen-bond acceptors (Lipinski definition) is 3. The second kappa shape index (κ2) is 5.64. The number of carbonyl (C=O) groups excluding carboxylic acids is 1. The topological polar surface area (TPSA) is 66.8 Å². The van der Waals surface area contributed by atoms with Gasteiger partial charge in [0.1, 0.15) is 12.3 Å². The standard InChI is InChI=1S/C13H15NO4/c15-8-11-12(6-7-14(11)13(16)17)18-9-10-4-2-1-3-5-10/h1-5,8,11-12H,6-7,9H2,(H,16,17)/t11-,12+/m0/s1. The molecule has 96 valence electrons. The summed E-state index contributed by atoms with van der Waals surface area (Å²) >= 11 is 0. The quantitative estimate of drug-likeness (QED) is 0.822. The van der Waals surface area contributed by atoms with Gasteiger partial charge in [-0.15, -0.1) is 0 Å². The molecule has 0 aromatic heterocycles. The Morgan fingerprint density at radius 1 is 1.44 bits per heavy atom. The van der Waals surface area contributed by atoms with Crippen LogP contribution in [0.25, 0.3) is 0 Å². The van der Waals surface area contributed by atoms with E-state index in [1.807, 2.05) is 30.3 Å². The molecule has 18 heavy (non-hydrogen) atoms. The van der Waals surface area contributed by atoms with E-state index < -0.39 is 12.1 Å². The molecular weight excluding hydrogens is 234 g/mol. The van der Waals surface area contributed by atoms with E-state index in [-0.39, 0.29) is 6.10 Å². The molecule has 1 N–H and O–H groups in total. The first-order chi connectivity index (χ1) is 8.72. The Labute approximate surface area is 105 Å². The number of nitrogens with zero attached hydrogens (tertiary/aromatic N) is 1. The van der Waals surface area contributed by atoms with Crippen molar-refractivity contribution in [2.45, 2.75) is 25.2 Å². The molecule has 0 spiro atoms. The van der Waals surface area contributed by atoms with Crippen molar-refractivity contribution in [2.24, 2.45) is 0 Å². The van der Waals surface area contributed by atoms with Crippen molar-refractivity contribution in [3.63, 3.8) is 0 Å². The number of aldehydes is 1. The van der Waals surface area contributed by atoms with Crippen molar-refractivity contribution >= 4 is 12.4 Å². The molecule has 1 aliphatic heterocycles. The van der Waals surface area contributed by atoms with Crippen molar-refractivity contribution in [3.8, 4) is 0 Å². The van der Waals surface area contributed by atoms with Gasteiger partial charge in [-0.3, -0.25) is 4.90 Å². The van der Waals surface area contributed by atoms with Gasteiger partial charge in [0.05, 0.1) is 12.7 Å². The molecule has 1 aromatic carbocycles. The lowest BCUT2D eigenvalue weighted by Gasteiger charge is -2.20. The van der Waals surface area contributed by atoms with Gasteiger partial charge in [-0.05, 0) is 12.0 Å². The lowest BCUT2D eigenvalue weighted by molar-refractivity contribution is -0.114. The van der Waals surface area contributed by atoms with Crippen LogP contribution >= 0.6 is 0 Å². The molecule has 2 rings (SSSR count). The van der Waals surface area contributed by atoms with Crippen molar-refractivity contribution in [1.82, 2.24) is 4.90 Å². The largest absolute Gasteiger partial charge is 0.465 e. The Morgan fingerprint density at radius 3 is 2.78 bits per heavy atom. The van der Waals surface area contributed by atoms with Gasteiger partial charge < -0.3 is 14.6 Å². The fourth-order valence-corrected chi connectivity index (χ4v) is 2.13. The van der Waals surface area contributed by atoms with Gasteiger partial charge in [0.15, 0.2) is 0 Å². The number of carboxylic acid groups (broad SMARTS) is 1. The van der Waals surface area contributed by atoms with Crippen LogP contribution in [0.3, 0.4) is 0 Å². The fourth-order valence-electron chi connectivity index (χ4n) is 2.13. The number of ether oxygens (including phenoxy) is 1. The number of carbonyl (C=O) groups is 2. The molecule has 0 radical (unpaired) electrons. The summed E-state index contributed by atoms with van der Waals surface area (Å²) in [5, 5.41) is 8.93. The SMILES string of the molecule is O=C[C@H]1[C@H](OCc2ccccc2)CCN1C(=O)O. The number of rotatable bonds is 4. The number of hydrogen-bond donors (Lipinski definition) is 1. The third-order valence-electron chi connectivity index (χ3n) is 3.09. The van der Waals surface area contributed by atoms with E-state index in [9.17, 15) is 9.59 Å². The maximum Gasteiger partial charge on any atom is 0.407 e. The van der Waals surface area contributed by atoms with Gasteiger partial charge in [0.2, 0.25) is 0 Å². The van der Waals surface area contributed by atoms with Crippen molar-refractivity contribution in [2.75, 3.05) is 6.54 Å². The van der Waals surface area contributed by atoms with Crippen LogP contribution in [0, 0.1) is 0 Å². The minimum atomic E-state index is -1.07. The van der Waals surface area contributed by atoms with Gasteiger partial charge in [-0.1, -0.05) is 30.3 Å². The summed E-state index contributed by atoms with van der Waals surface area (Å²) in [6.45, 7) is 0.738. The van der Waals surface area contributed by atoms with Gasteiger partial charge in [0, 0.05) is 6.54 Å². The molecule has 1 aromatic rings. The van der Waals surface area contributed by atoms with Gasteiger partial charge in [-0.2, -0.15) is 0 Å². The summed E-state index contributed by atoms with van der Waals surface area (Å²) in [5.74, 6) is 0. The van der Waals surface area contributed by atoms with Gasteiger partial charge >= 0.3 is 6.09 Å². The predicted octanol–water partition coefficient (Wildman–Crippen LogP) is 1.52. The third kappa shape index (κ3) is 2.68. The Bertz CT molecular complexity index is 420. The molecule has 1 saturated heterocycles. The summed E-state index contributed by atoms with van der Waals surface area (Å²) in [6.07, 6.45) is -0.212. The molecule has 1 aliphatic rings. The summed E-state index contributed by atoms with van der Waals surface area (Å²) in [6, 6.07) is 8.91. The lowest BCUT2D eigenvalue weighted by atomic mass is 10.2. The van der Waals surface area contributed by atoms with Crippen molar-refractivity contribution in [3.05, 3.63) is 35.9 Å². The highest BCUT2D eigenvalue weighted by atomic mass is 16.5. The van der Waals surface area contributed by atoms with Crippen LogP contribution in [0.4, 0.5) is 4.79 Å². The van der Waals surface area contributed by atoms with E-state index in [0.29, 0.717) is 25.9 Å². The zero-order chi connectivity index (χ0) is 13.0. The van der Waals surface area contributed by atoms with Crippen molar-refractivity contribution in [1.29, 1.82) is 0 Å². The van der Waals surface area contributed by atoms with Crippen LogP contribution < -0.4 is 0 Å². The highest BCUT2D eigenvalue weighted by Gasteiger charge is 2.37. The van der Waals surface area contributed by atoms with Crippen LogP contribution in [0.5, 0.6) is 0 Å². The fraction of sp³-hybridized carbons (Fsp3) is 0.385. The van der Waals surface area contributed by atoms with Gasteiger partial charge in [0.25, 0.3) is 0 Å². The molecule has 1 amide bonds. The van der Waals surface area contributed by atoms with E-state index in [2.05, 4.69) is 0 Å². The molecule has 0 aliphatic carbocycles. The molecule has 5 heteroatoms. The van der Waals surface area contributed by atoms with Gasteiger partial charge in [-0.25, -0.2) is 4.79 Å². The number of benzene rings is 1. The minimum Gasteiger partial charge on any atom is -0.465 e. The van der Waals surface area contributed by atoms with Crippen LogP contribution in [0.1, 0.15) is 12.0 Å². The average Bonchev–Trinajstić information content (AvgIpc) is 2.80. The highest BCUT2D eigenvalue weighted by Crippen LogP contribution is 2.20. The smallest absolute Gasteiger partial charge is 0.407 e. The molecule has 1 heterocycles. The van der Waals surface area contributed by atoms with Crippen LogP contribution in [0.15, 0.2) is 30.3 Å². The molecule has 2 atom stereocenters. The first-order valence-electron chi connectivity index (χ1n) is 5.82. The Balaban J connectivity index is 1.94. The monoisotopic (exact) mass is 249 g/mol. The lowest BCUT2D eigenvalue weighted by Crippen LogP contribution is -2.40. The first-order valence-corrected chi connectivity index (χ1v) is 5.82. The number of amides is 1. The van der Waals surface area contributed by atoms with E-state index in [0.717, 1.165) is 10.5 Å². The summed E-state index contributed by atoms with van der Waals surface area (Å²) in [4.78, 5) is 23.0. The van der Waals surface area contributed by atoms with Crippen molar-refractivity contribution < 1.29 is 19.4 Å². The maximum atomic E-state index is 11.0. The zero-order valence-electron chi connectivity index (χ0n) is 9.86. The first kappa shape index (κ1) is 12.6. The van der Waals surface area contributed by atoms with Crippen LogP contribution in [0.2, 0.25) is 0 Å². The second-order valence-electron chi connectivity index (χ2n) is 4.23. The Hall–Kier alpha value is -1.88. The van der Waals surface area contributed by atoms with E-state index in [1.165, 1.54) is 0 Å². The minimum absolute atomic E-state index is 0.345. The molecule has 5 nitrogen and oxygen atoms in total. The number of likely N-dealkylation sites (tertiary alicyclic amines) is 1. The summed E-state index contributed by atoms with van der Waals surface area (Å²) in [7, 11) is 0. The third-order valence-corrected chi connectivity index (χ3v) is 3.09. The predicted molar refractivity (Wildman–Crippen MR) is 64.2 cm³/mol. The van der Waals surface area contributed by atoms with E-state index in [1.54, 1.807) is 0 Å². The normalized spacial score (nSPS) is 23.0. The second-order valence-corrected chi connectivity index (χ2v) is 4.23. The zero-order valence-corrected chi connectivity index (χ0v) is 9.86.